The minimum atomic E-state index is -0.779. The number of nitrogens with zero attached hydrogens (tertiary/aromatic N) is 1. The van der Waals surface area contributed by atoms with E-state index in [4.69, 9.17) is 19.6 Å². The molecule has 0 aliphatic carbocycles. The topological polar surface area (TPSA) is 95.6 Å². The molecule has 0 fully saturated rings. The maximum absolute atomic E-state index is 9.66. The molecule has 1 aliphatic heterocycles. The molecule has 0 saturated heterocycles. The Kier molecular flexibility index (Phi) is 4.00. The zero-order valence-electron chi connectivity index (χ0n) is 13.2. The highest BCUT2D eigenvalue weighted by Crippen LogP contribution is 2.44. The van der Waals surface area contributed by atoms with Gasteiger partial charge >= 0.3 is 0 Å². The summed E-state index contributed by atoms with van der Waals surface area (Å²) in [6.07, 6.45) is 0. The summed E-state index contributed by atoms with van der Waals surface area (Å²) in [6, 6.07) is 12.2. The maximum atomic E-state index is 9.66. The van der Waals surface area contributed by atoms with E-state index in [1.165, 1.54) is 12.1 Å². The van der Waals surface area contributed by atoms with Crippen LogP contribution in [0.1, 0.15) is 17.0 Å². The largest absolute Gasteiger partial charge is 0.508 e. The first-order valence-electron chi connectivity index (χ1n) is 7.29. The molecule has 2 atom stereocenters. The number of hydrogen-bond acceptors (Lipinski definition) is 6. The summed E-state index contributed by atoms with van der Waals surface area (Å²) in [5.41, 5.74) is 1.50. The van der Waals surface area contributed by atoms with Gasteiger partial charge in [-0.15, -0.1) is 0 Å². The summed E-state index contributed by atoms with van der Waals surface area (Å²) in [5.74, 6) is 0.257. The highest BCUT2D eigenvalue weighted by Gasteiger charge is 2.37. The number of benzene rings is 2. The molecule has 3 rings (SSSR count). The van der Waals surface area contributed by atoms with E-state index in [-0.39, 0.29) is 11.6 Å². The molecule has 2 N–H and O–H groups in total. The molecule has 2 aromatic carbocycles. The monoisotopic (exact) mass is 324 g/mol. The quantitative estimate of drug-likeness (QED) is 0.904. The van der Waals surface area contributed by atoms with E-state index in [9.17, 15) is 10.4 Å². The van der Waals surface area contributed by atoms with E-state index in [1.54, 1.807) is 26.4 Å². The van der Waals surface area contributed by atoms with Gasteiger partial charge in [0.25, 0.3) is 0 Å². The van der Waals surface area contributed by atoms with Gasteiger partial charge in [-0.05, 0) is 23.8 Å². The van der Waals surface area contributed by atoms with Crippen molar-refractivity contribution in [2.24, 2.45) is 5.92 Å². The molecule has 0 saturated carbocycles. The fourth-order valence-corrected chi connectivity index (χ4v) is 2.90. The minimum Gasteiger partial charge on any atom is -0.508 e. The summed E-state index contributed by atoms with van der Waals surface area (Å²) < 4.78 is 16.0. The lowest BCUT2D eigenvalue weighted by Crippen LogP contribution is -2.30. The molecule has 0 amide bonds. The van der Waals surface area contributed by atoms with E-state index in [1.807, 2.05) is 12.1 Å². The third kappa shape index (κ3) is 2.61. The fraction of sp³-hybridized carbons (Fsp3) is 0.222. The predicted molar refractivity (Wildman–Crippen MR) is 87.0 cm³/mol. The molecule has 24 heavy (non-hydrogen) atoms. The third-order valence-electron chi connectivity index (χ3n) is 4.04. The van der Waals surface area contributed by atoms with Crippen molar-refractivity contribution in [1.82, 2.24) is 0 Å². The van der Waals surface area contributed by atoms with E-state index in [2.05, 4.69) is 6.07 Å². The van der Waals surface area contributed by atoms with Gasteiger partial charge in [0, 0.05) is 23.6 Å². The van der Waals surface area contributed by atoms with Crippen LogP contribution >= 0.6 is 0 Å². The second kappa shape index (κ2) is 6.13. The van der Waals surface area contributed by atoms with Crippen LogP contribution in [0.15, 0.2) is 36.4 Å². The zero-order valence-corrected chi connectivity index (χ0v) is 13.2. The van der Waals surface area contributed by atoms with Crippen LogP contribution in [0.25, 0.3) is 0 Å². The Hall–Kier alpha value is -3.20. The normalized spacial score (nSPS) is 19.0. The molecule has 0 radical (unpaired) electrons. The summed E-state index contributed by atoms with van der Waals surface area (Å²) in [6.45, 7) is 0. The van der Waals surface area contributed by atoms with Crippen LogP contribution in [-0.4, -0.2) is 25.2 Å². The number of hydrogen-bond donors (Lipinski definition) is 2. The van der Waals surface area contributed by atoms with Crippen molar-refractivity contribution >= 4 is 5.90 Å². The average molecular weight is 324 g/mol. The van der Waals surface area contributed by atoms with Gasteiger partial charge in [0.2, 0.25) is 5.90 Å². The van der Waals surface area contributed by atoms with Crippen LogP contribution in [0.4, 0.5) is 0 Å². The number of fused-ring (bicyclic) bond motifs is 1. The highest BCUT2D eigenvalue weighted by atomic mass is 16.5. The lowest BCUT2D eigenvalue weighted by Gasteiger charge is -2.30. The van der Waals surface area contributed by atoms with Crippen molar-refractivity contribution in [3.05, 3.63) is 47.5 Å². The van der Waals surface area contributed by atoms with Crippen LogP contribution in [0.5, 0.6) is 23.0 Å². The Morgan fingerprint density at radius 3 is 2.38 bits per heavy atom. The molecule has 1 heterocycles. The first-order valence-corrected chi connectivity index (χ1v) is 7.29. The molecule has 0 bridgehead atoms. The lowest BCUT2D eigenvalue weighted by atomic mass is 9.79. The number of phenols is 1. The molecular weight excluding hydrogens is 308 g/mol. The molecule has 1 aliphatic rings. The van der Waals surface area contributed by atoms with Gasteiger partial charge in [-0.1, -0.05) is 6.07 Å². The van der Waals surface area contributed by atoms with E-state index >= 15 is 0 Å². The highest BCUT2D eigenvalue weighted by molar-refractivity contribution is 5.85. The van der Waals surface area contributed by atoms with E-state index < -0.39 is 11.8 Å². The first-order chi connectivity index (χ1) is 11.6. The molecular formula is C18H16N2O4. The van der Waals surface area contributed by atoms with Crippen molar-refractivity contribution in [1.29, 1.82) is 10.7 Å². The smallest absolute Gasteiger partial charge is 0.205 e. The molecule has 0 spiro atoms. The van der Waals surface area contributed by atoms with Crippen molar-refractivity contribution in [3.63, 3.8) is 0 Å². The predicted octanol–water partition coefficient (Wildman–Crippen LogP) is 3.05. The van der Waals surface area contributed by atoms with Gasteiger partial charge in [0.05, 0.1) is 20.3 Å². The molecule has 0 aromatic heterocycles. The van der Waals surface area contributed by atoms with Gasteiger partial charge in [-0.3, -0.25) is 5.41 Å². The number of ether oxygens (including phenoxy) is 3. The van der Waals surface area contributed by atoms with Crippen LogP contribution in [0, 0.1) is 22.7 Å². The Morgan fingerprint density at radius 1 is 1.12 bits per heavy atom. The number of methoxy groups -OCH3 is 2. The van der Waals surface area contributed by atoms with E-state index in [0.717, 1.165) is 11.1 Å². The van der Waals surface area contributed by atoms with Crippen molar-refractivity contribution in [3.8, 4) is 29.1 Å². The van der Waals surface area contributed by atoms with Crippen LogP contribution in [0.2, 0.25) is 0 Å². The molecule has 2 unspecified atom stereocenters. The Bertz CT molecular complexity index is 819. The SMILES string of the molecule is COc1cc(OC)cc(C2c3ccc(O)cc3OC(=N)C2C#N)c1. The van der Waals surface area contributed by atoms with Gasteiger partial charge in [-0.2, -0.15) is 5.26 Å². The summed E-state index contributed by atoms with van der Waals surface area (Å²) in [7, 11) is 3.11. The minimum absolute atomic E-state index is 0.0407. The Labute approximate surface area is 139 Å². The maximum Gasteiger partial charge on any atom is 0.205 e. The van der Waals surface area contributed by atoms with Crippen LogP contribution < -0.4 is 14.2 Å². The summed E-state index contributed by atoms with van der Waals surface area (Å²) in [5, 5.41) is 27.2. The second-order valence-corrected chi connectivity index (χ2v) is 5.42. The van der Waals surface area contributed by atoms with Crippen molar-refractivity contribution in [2.75, 3.05) is 14.2 Å². The second-order valence-electron chi connectivity index (χ2n) is 5.42. The Morgan fingerprint density at radius 2 is 1.79 bits per heavy atom. The van der Waals surface area contributed by atoms with Crippen LogP contribution in [-0.2, 0) is 0 Å². The third-order valence-corrected chi connectivity index (χ3v) is 4.04. The van der Waals surface area contributed by atoms with Gasteiger partial charge in [0.1, 0.15) is 28.9 Å². The van der Waals surface area contributed by atoms with Gasteiger partial charge in [-0.25, -0.2) is 0 Å². The first kappa shape index (κ1) is 15.7. The van der Waals surface area contributed by atoms with E-state index in [0.29, 0.717) is 17.2 Å². The number of nitriles is 1. The van der Waals surface area contributed by atoms with Gasteiger partial charge < -0.3 is 19.3 Å². The van der Waals surface area contributed by atoms with Crippen molar-refractivity contribution in [2.45, 2.75) is 5.92 Å². The summed E-state index contributed by atoms with van der Waals surface area (Å²) in [4.78, 5) is 0. The molecule has 122 valence electrons. The Balaban J connectivity index is 2.21. The molecule has 2 aromatic rings. The number of phenolic OH excluding ortho intramolecular Hbond substituents is 1. The zero-order chi connectivity index (χ0) is 17.3. The summed E-state index contributed by atoms with van der Waals surface area (Å²) >= 11 is 0. The number of rotatable bonds is 3. The van der Waals surface area contributed by atoms with Crippen molar-refractivity contribution < 1.29 is 19.3 Å². The molecule has 6 nitrogen and oxygen atoms in total. The molecule has 6 heteroatoms. The number of nitrogens with one attached hydrogen (secondary N) is 1. The lowest BCUT2D eigenvalue weighted by molar-refractivity contribution is 0.391. The van der Waals surface area contributed by atoms with Gasteiger partial charge in [0.15, 0.2) is 0 Å². The fourth-order valence-electron chi connectivity index (χ4n) is 2.90. The standard InChI is InChI=1S/C18H16N2O4/c1-22-12-5-10(6-13(8-12)23-2)17-14-4-3-11(21)7-16(14)24-18(20)15(17)9-19/h3-8,15,17,20-21H,1-2H3. The van der Waals surface area contributed by atoms with Crippen LogP contribution in [0.3, 0.4) is 0 Å². The number of aromatic hydroxyl groups is 1. The average Bonchev–Trinajstić information content (AvgIpc) is 2.59.